The highest BCUT2D eigenvalue weighted by Gasteiger charge is 2.46. The van der Waals surface area contributed by atoms with Crippen molar-refractivity contribution in [3.05, 3.63) is 102 Å². The summed E-state index contributed by atoms with van der Waals surface area (Å²) in [7, 11) is -2.48. The molecule has 2 N–H and O–H groups in total. The van der Waals surface area contributed by atoms with Crippen LogP contribution in [-0.2, 0) is 20.4 Å². The summed E-state index contributed by atoms with van der Waals surface area (Å²) in [5.41, 5.74) is 1.34. The van der Waals surface area contributed by atoms with E-state index in [4.69, 9.17) is 4.74 Å². The summed E-state index contributed by atoms with van der Waals surface area (Å²) in [5.74, 6) is 0.0948. The first kappa shape index (κ1) is 27.8. The minimum Gasteiger partial charge on any atom is -0.497 e. The quantitative estimate of drug-likeness (QED) is 0.441. The van der Waals surface area contributed by atoms with E-state index in [1.807, 2.05) is 60.7 Å². The van der Waals surface area contributed by atoms with Crippen LogP contribution in [0.3, 0.4) is 0 Å². The van der Waals surface area contributed by atoms with Crippen molar-refractivity contribution >= 4 is 16.1 Å². The average Bonchev–Trinajstić information content (AvgIpc) is 2.89. The maximum Gasteiger partial charge on any atom is 0.301 e. The van der Waals surface area contributed by atoms with Crippen molar-refractivity contribution in [1.82, 2.24) is 14.3 Å². The lowest BCUT2D eigenvalue weighted by Crippen LogP contribution is -2.56. The lowest BCUT2D eigenvalue weighted by atomic mass is 9.71. The van der Waals surface area contributed by atoms with Crippen LogP contribution >= 0.6 is 0 Å². The number of carbonyl (C=O) groups excluding carboxylic acids is 1. The third kappa shape index (κ3) is 6.43. The third-order valence-electron chi connectivity index (χ3n) is 6.97. The van der Waals surface area contributed by atoms with Crippen LogP contribution in [0.4, 0.5) is 0 Å². The van der Waals surface area contributed by atoms with E-state index >= 15 is 0 Å². The lowest BCUT2D eigenvalue weighted by Gasteiger charge is -2.44. The molecule has 202 valence electrons. The molecule has 7 nitrogen and oxygen atoms in total. The van der Waals surface area contributed by atoms with Gasteiger partial charge in [0.2, 0.25) is 5.91 Å². The average molecular weight is 536 g/mol. The molecule has 0 spiro atoms. The highest BCUT2D eigenvalue weighted by atomic mass is 32.2. The second kappa shape index (κ2) is 11.3. The van der Waals surface area contributed by atoms with Gasteiger partial charge in [-0.2, -0.15) is 13.1 Å². The van der Waals surface area contributed by atoms with Crippen LogP contribution < -0.4 is 14.2 Å². The Bertz CT molecular complexity index is 1290. The lowest BCUT2D eigenvalue weighted by molar-refractivity contribution is -0.127. The molecule has 3 aromatic rings. The van der Waals surface area contributed by atoms with Gasteiger partial charge >= 0.3 is 10.2 Å². The molecule has 0 aliphatic carbocycles. The van der Waals surface area contributed by atoms with Crippen molar-refractivity contribution in [2.75, 3.05) is 20.2 Å². The zero-order valence-electron chi connectivity index (χ0n) is 22.5. The second-order valence-corrected chi connectivity index (χ2v) is 12.3. The molecular weight excluding hydrogens is 498 g/mol. The number of ether oxygens (including phenoxy) is 1. The van der Waals surface area contributed by atoms with E-state index in [0.29, 0.717) is 31.7 Å². The number of carbonyl (C=O) groups is 1. The van der Waals surface area contributed by atoms with Gasteiger partial charge in [0.05, 0.1) is 18.6 Å². The highest BCUT2D eigenvalue weighted by Crippen LogP contribution is 2.41. The first-order chi connectivity index (χ1) is 18.0. The van der Waals surface area contributed by atoms with E-state index in [-0.39, 0.29) is 6.04 Å². The Morgan fingerprint density at radius 2 is 1.45 bits per heavy atom. The summed E-state index contributed by atoms with van der Waals surface area (Å²) < 4.78 is 36.0. The van der Waals surface area contributed by atoms with E-state index < -0.39 is 27.1 Å². The topological polar surface area (TPSA) is 87.7 Å². The van der Waals surface area contributed by atoms with Crippen LogP contribution in [0.15, 0.2) is 84.9 Å². The molecule has 1 saturated heterocycles. The molecule has 1 aliphatic heterocycles. The molecule has 1 aliphatic rings. The molecule has 8 heteroatoms. The van der Waals surface area contributed by atoms with Crippen LogP contribution in [0.5, 0.6) is 5.75 Å². The van der Waals surface area contributed by atoms with Gasteiger partial charge in [-0.05, 0) is 62.4 Å². The molecule has 0 unspecified atom stereocenters. The van der Waals surface area contributed by atoms with Gasteiger partial charge in [-0.1, -0.05) is 72.8 Å². The molecule has 3 aromatic carbocycles. The number of piperidine rings is 1. The first-order valence-electron chi connectivity index (χ1n) is 12.9. The summed E-state index contributed by atoms with van der Waals surface area (Å²) in [6.07, 6.45) is 0.903. The number of likely N-dealkylation sites (tertiary alicyclic amines) is 1. The van der Waals surface area contributed by atoms with Crippen LogP contribution in [0.25, 0.3) is 0 Å². The molecule has 1 fully saturated rings. The number of hydrogen-bond donors (Lipinski definition) is 2. The van der Waals surface area contributed by atoms with Crippen LogP contribution in [-0.4, -0.2) is 45.0 Å². The fraction of sp³-hybridized carbons (Fsp3) is 0.367. The van der Waals surface area contributed by atoms with Gasteiger partial charge in [-0.15, -0.1) is 0 Å². The summed E-state index contributed by atoms with van der Waals surface area (Å²) in [6, 6.07) is 28.1. The minimum atomic E-state index is -4.06. The second-order valence-electron chi connectivity index (χ2n) is 10.9. The number of nitrogens with one attached hydrogen (secondary N) is 2. The Morgan fingerprint density at radius 3 is 1.95 bits per heavy atom. The summed E-state index contributed by atoms with van der Waals surface area (Å²) in [4.78, 5) is 16.2. The zero-order valence-corrected chi connectivity index (χ0v) is 23.3. The van der Waals surface area contributed by atoms with Gasteiger partial charge in [0.15, 0.2) is 0 Å². The van der Waals surface area contributed by atoms with Crippen LogP contribution in [0.1, 0.15) is 56.3 Å². The molecule has 1 amide bonds. The third-order valence-corrected chi connectivity index (χ3v) is 8.31. The van der Waals surface area contributed by atoms with Gasteiger partial charge < -0.3 is 4.74 Å². The Balaban J connectivity index is 1.68. The van der Waals surface area contributed by atoms with Gasteiger partial charge in [0.25, 0.3) is 0 Å². The molecule has 38 heavy (non-hydrogen) atoms. The van der Waals surface area contributed by atoms with Crippen molar-refractivity contribution in [2.24, 2.45) is 0 Å². The Kier molecular flexibility index (Phi) is 8.25. The van der Waals surface area contributed by atoms with Crippen molar-refractivity contribution < 1.29 is 17.9 Å². The molecule has 1 heterocycles. The van der Waals surface area contributed by atoms with Crippen LogP contribution in [0, 0.1) is 0 Å². The minimum absolute atomic E-state index is 0.0232. The van der Waals surface area contributed by atoms with Crippen molar-refractivity contribution in [2.45, 2.75) is 50.6 Å². The monoisotopic (exact) mass is 535 g/mol. The van der Waals surface area contributed by atoms with Gasteiger partial charge in [-0.3, -0.25) is 9.69 Å². The number of amides is 1. The molecular formula is C30H37N3O4S. The molecule has 0 atom stereocenters. The normalized spacial score (nSPS) is 16.2. The molecule has 0 aromatic heterocycles. The van der Waals surface area contributed by atoms with Crippen molar-refractivity contribution in [3.63, 3.8) is 0 Å². The van der Waals surface area contributed by atoms with Crippen molar-refractivity contribution in [3.8, 4) is 5.75 Å². The SMILES string of the molecule is COc1cccc(C2(C(=O)NS(=O)(=O)NC(C)(C)C)CCN(C(c3ccccc3)c3ccccc3)CC2)c1. The molecule has 0 saturated carbocycles. The van der Waals surface area contributed by atoms with E-state index in [9.17, 15) is 13.2 Å². The number of benzene rings is 3. The molecule has 0 radical (unpaired) electrons. The largest absolute Gasteiger partial charge is 0.497 e. The van der Waals surface area contributed by atoms with Gasteiger partial charge in [0, 0.05) is 18.6 Å². The standard InChI is InChI=1S/C30H37N3O4S/c1-29(2,3)32-38(35,36)31-28(34)30(25-16-11-17-26(22-25)37-4)18-20-33(21-19-30)27(23-12-7-5-8-13-23)24-14-9-6-10-15-24/h5-17,22,27,32H,18-21H2,1-4H3,(H,31,34). The fourth-order valence-electron chi connectivity index (χ4n) is 5.26. The fourth-order valence-corrected chi connectivity index (χ4v) is 6.56. The zero-order chi connectivity index (χ0) is 27.4. The summed E-state index contributed by atoms with van der Waals surface area (Å²) in [6.45, 7) is 6.42. The van der Waals surface area contributed by atoms with Gasteiger partial charge in [0.1, 0.15) is 5.75 Å². The van der Waals surface area contributed by atoms with Gasteiger partial charge in [-0.25, -0.2) is 4.72 Å². The number of methoxy groups -OCH3 is 1. The summed E-state index contributed by atoms with van der Waals surface area (Å²) >= 11 is 0. The van der Waals surface area contributed by atoms with E-state index in [1.165, 1.54) is 11.1 Å². The maximum absolute atomic E-state index is 13.8. The Hall–Kier alpha value is -3.20. The Labute approximate surface area is 226 Å². The van der Waals surface area contributed by atoms with Crippen LogP contribution in [0.2, 0.25) is 0 Å². The first-order valence-corrected chi connectivity index (χ1v) is 14.4. The van der Waals surface area contributed by atoms with E-state index in [2.05, 4.69) is 38.6 Å². The van der Waals surface area contributed by atoms with Crippen molar-refractivity contribution in [1.29, 1.82) is 0 Å². The number of nitrogens with zero attached hydrogens (tertiary/aromatic N) is 1. The van der Waals surface area contributed by atoms with E-state index in [0.717, 1.165) is 5.56 Å². The summed E-state index contributed by atoms with van der Waals surface area (Å²) in [5, 5.41) is 0. The van der Waals surface area contributed by atoms with E-state index in [1.54, 1.807) is 27.9 Å². The maximum atomic E-state index is 13.8. The molecule has 0 bridgehead atoms. The number of hydrogen-bond acceptors (Lipinski definition) is 5. The highest BCUT2D eigenvalue weighted by molar-refractivity contribution is 7.88. The predicted molar refractivity (Wildman–Crippen MR) is 150 cm³/mol. The smallest absolute Gasteiger partial charge is 0.301 e. The predicted octanol–water partition coefficient (Wildman–Crippen LogP) is 4.57. The molecule has 4 rings (SSSR count). The Morgan fingerprint density at radius 1 is 0.895 bits per heavy atom. The number of rotatable bonds is 8.